The van der Waals surface area contributed by atoms with Gasteiger partial charge in [-0.2, -0.15) is 0 Å². The zero-order chi connectivity index (χ0) is 7.56. The van der Waals surface area contributed by atoms with Gasteiger partial charge in [-0.05, 0) is 28.5 Å². The first-order valence-corrected chi connectivity index (χ1v) is 4.85. The lowest BCUT2D eigenvalue weighted by molar-refractivity contribution is 0.790. The molecule has 0 aliphatic rings. The fraction of sp³-hybridized carbons (Fsp3) is 0.429. The first-order valence-electron chi connectivity index (χ1n) is 3.18. The van der Waals surface area contributed by atoms with Gasteiger partial charge in [-0.3, -0.25) is 0 Å². The van der Waals surface area contributed by atoms with E-state index in [-0.39, 0.29) is 0 Å². The summed E-state index contributed by atoms with van der Waals surface area (Å²) in [5.74, 6) is 0.497. The molecule has 0 aliphatic carbocycles. The Hall–Kier alpha value is 0.140. The predicted molar refractivity (Wildman–Crippen MR) is 49.5 cm³/mol. The van der Waals surface area contributed by atoms with Crippen molar-refractivity contribution in [1.29, 1.82) is 0 Å². The Morgan fingerprint density at radius 3 is 2.90 bits per heavy atom. The zero-order valence-corrected chi connectivity index (χ0v) is 8.21. The van der Waals surface area contributed by atoms with Crippen molar-refractivity contribution >= 4 is 27.3 Å². The molecule has 1 nitrogen and oxygen atoms in total. The molecule has 0 aromatic carbocycles. The van der Waals surface area contributed by atoms with E-state index in [9.17, 15) is 0 Å². The van der Waals surface area contributed by atoms with Gasteiger partial charge in [-0.1, -0.05) is 6.92 Å². The normalized spacial score (nSPS) is 13.5. The fourth-order valence-electron chi connectivity index (χ4n) is 0.703. The molecule has 10 heavy (non-hydrogen) atoms. The van der Waals surface area contributed by atoms with Crippen LogP contribution in [0.15, 0.2) is 15.9 Å². The number of thiophene rings is 1. The van der Waals surface area contributed by atoms with Crippen LogP contribution in [0.25, 0.3) is 0 Å². The topological polar surface area (TPSA) is 26.0 Å². The maximum absolute atomic E-state index is 5.50. The highest BCUT2D eigenvalue weighted by atomic mass is 79.9. The lowest BCUT2D eigenvalue weighted by Crippen LogP contribution is -2.06. The monoisotopic (exact) mass is 219 g/mol. The molecule has 2 N–H and O–H groups in total. The second-order valence-electron chi connectivity index (χ2n) is 2.30. The van der Waals surface area contributed by atoms with Crippen LogP contribution in [0.2, 0.25) is 0 Å². The van der Waals surface area contributed by atoms with Gasteiger partial charge >= 0.3 is 0 Å². The molecule has 0 saturated carbocycles. The third-order valence-electron chi connectivity index (χ3n) is 1.43. The highest BCUT2D eigenvalue weighted by Crippen LogP contribution is 2.25. The first-order chi connectivity index (χ1) is 4.74. The molecule has 1 rings (SSSR count). The highest BCUT2D eigenvalue weighted by molar-refractivity contribution is 9.10. The van der Waals surface area contributed by atoms with Crippen molar-refractivity contribution in [3.8, 4) is 0 Å². The molecule has 1 unspecified atom stereocenters. The summed E-state index contributed by atoms with van der Waals surface area (Å²) in [5.41, 5.74) is 5.50. The molecule has 1 aromatic rings. The lowest BCUT2D eigenvalue weighted by Gasteiger charge is -2.02. The Labute approximate surface area is 73.4 Å². The van der Waals surface area contributed by atoms with Gasteiger partial charge in [0.15, 0.2) is 0 Å². The van der Waals surface area contributed by atoms with Gasteiger partial charge < -0.3 is 5.73 Å². The van der Waals surface area contributed by atoms with Gasteiger partial charge in [0.2, 0.25) is 0 Å². The maximum atomic E-state index is 5.50. The van der Waals surface area contributed by atoms with Gasteiger partial charge in [0.1, 0.15) is 0 Å². The number of rotatable bonds is 2. The third kappa shape index (κ3) is 1.81. The second-order valence-corrected chi connectivity index (χ2v) is 4.16. The Morgan fingerprint density at radius 2 is 2.50 bits per heavy atom. The molecule has 0 spiro atoms. The molecule has 0 bridgehead atoms. The third-order valence-corrected chi connectivity index (χ3v) is 3.35. The van der Waals surface area contributed by atoms with E-state index in [0.717, 1.165) is 11.0 Å². The van der Waals surface area contributed by atoms with Crippen LogP contribution in [-0.4, -0.2) is 6.54 Å². The van der Waals surface area contributed by atoms with Crippen LogP contribution in [0.3, 0.4) is 0 Å². The molecule has 0 fully saturated rings. The van der Waals surface area contributed by atoms with Crippen molar-refractivity contribution in [2.75, 3.05) is 6.54 Å². The first kappa shape index (κ1) is 8.24. The van der Waals surface area contributed by atoms with E-state index in [1.807, 2.05) is 0 Å². The van der Waals surface area contributed by atoms with E-state index in [1.54, 1.807) is 11.3 Å². The Balaban J connectivity index is 2.74. The summed E-state index contributed by atoms with van der Waals surface area (Å²) < 4.78 is 1.16. The molecule has 0 amide bonds. The number of nitrogens with two attached hydrogens (primary N) is 1. The van der Waals surface area contributed by atoms with Gasteiger partial charge in [0.25, 0.3) is 0 Å². The molecule has 3 heteroatoms. The van der Waals surface area contributed by atoms with Crippen molar-refractivity contribution in [2.45, 2.75) is 12.8 Å². The molecule has 0 radical (unpaired) electrons. The highest BCUT2D eigenvalue weighted by Gasteiger charge is 2.04. The van der Waals surface area contributed by atoms with Crippen LogP contribution < -0.4 is 5.73 Å². The maximum Gasteiger partial charge on any atom is 0.0285 e. The predicted octanol–water partition coefficient (Wildman–Crippen LogP) is 2.57. The summed E-state index contributed by atoms with van der Waals surface area (Å²) in [7, 11) is 0. The van der Waals surface area contributed by atoms with Crippen molar-refractivity contribution in [1.82, 2.24) is 0 Å². The molecular weight excluding hydrogens is 210 g/mol. The molecule has 1 atom stereocenters. The van der Waals surface area contributed by atoms with Gasteiger partial charge in [0.05, 0.1) is 0 Å². The molecule has 0 aliphatic heterocycles. The van der Waals surface area contributed by atoms with Crippen LogP contribution in [-0.2, 0) is 0 Å². The molecule has 0 saturated heterocycles. The van der Waals surface area contributed by atoms with Gasteiger partial charge in [0, 0.05) is 20.6 Å². The second kappa shape index (κ2) is 3.51. The van der Waals surface area contributed by atoms with Crippen LogP contribution in [0.5, 0.6) is 0 Å². The molecule has 56 valence electrons. The van der Waals surface area contributed by atoms with E-state index in [1.165, 1.54) is 4.88 Å². The molecular formula is C7H10BrNS. The Bertz CT molecular complexity index is 209. The van der Waals surface area contributed by atoms with E-state index in [2.05, 4.69) is 34.3 Å². The summed E-state index contributed by atoms with van der Waals surface area (Å²) in [4.78, 5) is 1.36. The standard InChI is InChI=1S/C7H10BrNS/c1-5(3-9)7-2-6(8)4-10-7/h2,4-5H,3,9H2,1H3. The summed E-state index contributed by atoms with van der Waals surface area (Å²) in [6, 6.07) is 2.13. The number of halogens is 1. The Kier molecular flexibility index (Phi) is 2.89. The minimum atomic E-state index is 0.497. The van der Waals surface area contributed by atoms with Crippen molar-refractivity contribution < 1.29 is 0 Å². The minimum Gasteiger partial charge on any atom is -0.330 e. The van der Waals surface area contributed by atoms with E-state index in [4.69, 9.17) is 5.73 Å². The fourth-order valence-corrected chi connectivity index (χ4v) is 2.22. The SMILES string of the molecule is CC(CN)c1cc(Br)cs1. The largest absolute Gasteiger partial charge is 0.330 e. The van der Waals surface area contributed by atoms with E-state index < -0.39 is 0 Å². The summed E-state index contributed by atoms with van der Waals surface area (Å²) in [6.45, 7) is 2.87. The van der Waals surface area contributed by atoms with E-state index in [0.29, 0.717) is 5.92 Å². The zero-order valence-electron chi connectivity index (χ0n) is 5.80. The average Bonchev–Trinajstić information content (AvgIpc) is 2.34. The van der Waals surface area contributed by atoms with Crippen molar-refractivity contribution in [2.24, 2.45) is 5.73 Å². The van der Waals surface area contributed by atoms with Gasteiger partial charge in [-0.15, -0.1) is 11.3 Å². The average molecular weight is 220 g/mol. The van der Waals surface area contributed by atoms with Crippen LogP contribution in [0.4, 0.5) is 0 Å². The quantitative estimate of drug-likeness (QED) is 0.814. The number of hydrogen-bond donors (Lipinski definition) is 1. The molecule has 1 heterocycles. The summed E-state index contributed by atoms with van der Waals surface area (Å²) in [6.07, 6.45) is 0. The lowest BCUT2D eigenvalue weighted by atomic mass is 10.1. The number of hydrogen-bond acceptors (Lipinski definition) is 2. The summed E-state index contributed by atoms with van der Waals surface area (Å²) in [5, 5.41) is 2.08. The smallest absolute Gasteiger partial charge is 0.0285 e. The van der Waals surface area contributed by atoms with Crippen molar-refractivity contribution in [3.05, 3.63) is 20.8 Å². The van der Waals surface area contributed by atoms with E-state index >= 15 is 0 Å². The molecule has 1 aromatic heterocycles. The summed E-state index contributed by atoms with van der Waals surface area (Å²) >= 11 is 5.15. The minimum absolute atomic E-state index is 0.497. The van der Waals surface area contributed by atoms with Crippen molar-refractivity contribution in [3.63, 3.8) is 0 Å². The van der Waals surface area contributed by atoms with Crippen LogP contribution in [0, 0.1) is 0 Å². The van der Waals surface area contributed by atoms with Gasteiger partial charge in [-0.25, -0.2) is 0 Å². The Morgan fingerprint density at radius 1 is 1.80 bits per heavy atom. The van der Waals surface area contributed by atoms with Crippen LogP contribution >= 0.6 is 27.3 Å². The van der Waals surface area contributed by atoms with Crippen LogP contribution in [0.1, 0.15) is 17.7 Å².